The zero-order valence-electron chi connectivity index (χ0n) is 11.6. The van der Waals surface area contributed by atoms with Gasteiger partial charge in [-0.05, 0) is 29.7 Å². The van der Waals surface area contributed by atoms with Crippen LogP contribution in [0.4, 0.5) is 5.69 Å². The fourth-order valence-electron chi connectivity index (χ4n) is 3.28. The summed E-state index contributed by atoms with van der Waals surface area (Å²) in [6.07, 6.45) is 4.95. The lowest BCUT2D eigenvalue weighted by Crippen LogP contribution is -2.60. The van der Waals surface area contributed by atoms with E-state index in [0.717, 1.165) is 19.6 Å². The molecule has 20 heavy (non-hydrogen) atoms. The van der Waals surface area contributed by atoms with Crippen LogP contribution in [0.3, 0.4) is 0 Å². The summed E-state index contributed by atoms with van der Waals surface area (Å²) in [6, 6.07) is 13.8. The zero-order chi connectivity index (χ0) is 13.4. The van der Waals surface area contributed by atoms with Crippen LogP contribution >= 0.6 is 0 Å². The first-order valence-corrected chi connectivity index (χ1v) is 7.36. The molecule has 102 valence electrons. The second kappa shape index (κ2) is 4.91. The third kappa shape index (κ3) is 2.08. The van der Waals surface area contributed by atoms with E-state index < -0.39 is 0 Å². The molecule has 1 aromatic heterocycles. The van der Waals surface area contributed by atoms with Crippen molar-refractivity contribution in [1.29, 1.82) is 0 Å². The van der Waals surface area contributed by atoms with Crippen LogP contribution in [0.15, 0.2) is 48.8 Å². The SMILES string of the molecule is c1ccc2c(c1)CCN(C1CN(c3ccncc3)C1)C2. The average molecular weight is 265 g/mol. The summed E-state index contributed by atoms with van der Waals surface area (Å²) in [5.41, 5.74) is 4.35. The molecule has 0 unspecified atom stereocenters. The number of rotatable bonds is 2. The highest BCUT2D eigenvalue weighted by molar-refractivity contribution is 5.48. The number of benzene rings is 1. The van der Waals surface area contributed by atoms with Gasteiger partial charge in [-0.2, -0.15) is 0 Å². The summed E-state index contributed by atoms with van der Waals surface area (Å²) in [7, 11) is 0. The van der Waals surface area contributed by atoms with Gasteiger partial charge in [0.25, 0.3) is 0 Å². The number of hydrogen-bond donors (Lipinski definition) is 0. The van der Waals surface area contributed by atoms with Gasteiger partial charge in [0.05, 0.1) is 0 Å². The molecule has 0 amide bonds. The summed E-state index contributed by atoms with van der Waals surface area (Å²) in [6.45, 7) is 4.61. The topological polar surface area (TPSA) is 19.4 Å². The Morgan fingerprint density at radius 1 is 0.950 bits per heavy atom. The van der Waals surface area contributed by atoms with Crippen molar-refractivity contribution in [2.45, 2.75) is 19.0 Å². The molecule has 0 spiro atoms. The van der Waals surface area contributed by atoms with E-state index in [1.165, 1.54) is 29.8 Å². The van der Waals surface area contributed by atoms with Crippen molar-refractivity contribution in [2.24, 2.45) is 0 Å². The molecular formula is C17H19N3. The number of pyridine rings is 1. The number of anilines is 1. The van der Waals surface area contributed by atoms with E-state index in [4.69, 9.17) is 0 Å². The second-order valence-corrected chi connectivity index (χ2v) is 5.75. The molecule has 1 aromatic carbocycles. The highest BCUT2D eigenvalue weighted by atomic mass is 15.3. The fraction of sp³-hybridized carbons (Fsp3) is 0.353. The van der Waals surface area contributed by atoms with Crippen LogP contribution in [-0.4, -0.2) is 35.6 Å². The molecule has 4 rings (SSSR count). The van der Waals surface area contributed by atoms with Crippen LogP contribution in [0.2, 0.25) is 0 Å². The number of hydrogen-bond acceptors (Lipinski definition) is 3. The number of aromatic nitrogens is 1. The van der Waals surface area contributed by atoms with Crippen LogP contribution in [-0.2, 0) is 13.0 Å². The number of fused-ring (bicyclic) bond motifs is 1. The summed E-state index contributed by atoms with van der Waals surface area (Å²) in [5.74, 6) is 0. The van der Waals surface area contributed by atoms with Gasteiger partial charge in [0.2, 0.25) is 0 Å². The Morgan fingerprint density at radius 2 is 1.70 bits per heavy atom. The minimum atomic E-state index is 0.705. The Labute approximate surface area is 119 Å². The van der Waals surface area contributed by atoms with E-state index in [0.29, 0.717) is 6.04 Å². The van der Waals surface area contributed by atoms with E-state index in [1.807, 2.05) is 12.4 Å². The van der Waals surface area contributed by atoms with Crippen molar-refractivity contribution < 1.29 is 0 Å². The molecule has 0 radical (unpaired) electrons. The van der Waals surface area contributed by atoms with Crippen molar-refractivity contribution in [1.82, 2.24) is 9.88 Å². The lowest BCUT2D eigenvalue weighted by molar-refractivity contribution is 0.150. The minimum Gasteiger partial charge on any atom is -0.368 e. The highest BCUT2D eigenvalue weighted by Crippen LogP contribution is 2.27. The van der Waals surface area contributed by atoms with Gasteiger partial charge in [0.15, 0.2) is 0 Å². The second-order valence-electron chi connectivity index (χ2n) is 5.75. The highest BCUT2D eigenvalue weighted by Gasteiger charge is 2.33. The van der Waals surface area contributed by atoms with Crippen LogP contribution < -0.4 is 4.90 Å². The smallest absolute Gasteiger partial charge is 0.0450 e. The van der Waals surface area contributed by atoms with Crippen LogP contribution in [0.1, 0.15) is 11.1 Å². The van der Waals surface area contributed by atoms with E-state index in [9.17, 15) is 0 Å². The predicted octanol–water partition coefficient (Wildman–Crippen LogP) is 2.33. The van der Waals surface area contributed by atoms with Crippen molar-refractivity contribution in [3.8, 4) is 0 Å². The van der Waals surface area contributed by atoms with Crippen LogP contribution in [0.25, 0.3) is 0 Å². The molecule has 2 aromatic rings. The van der Waals surface area contributed by atoms with Gasteiger partial charge in [-0.25, -0.2) is 0 Å². The maximum Gasteiger partial charge on any atom is 0.0450 e. The maximum absolute atomic E-state index is 4.08. The quantitative estimate of drug-likeness (QED) is 0.831. The summed E-state index contributed by atoms with van der Waals surface area (Å²) < 4.78 is 0. The lowest BCUT2D eigenvalue weighted by atomic mass is 9.96. The standard InChI is InChI=1S/C17H19N3/c1-2-4-15-11-19(10-7-14(15)3-1)17-12-20(13-17)16-5-8-18-9-6-16/h1-6,8-9,17H,7,10-13H2. The average Bonchev–Trinajstić information content (AvgIpc) is 2.47. The third-order valence-corrected chi connectivity index (χ3v) is 4.57. The molecule has 1 fully saturated rings. The van der Waals surface area contributed by atoms with Crippen molar-refractivity contribution in [2.75, 3.05) is 24.5 Å². The Kier molecular flexibility index (Phi) is 2.92. The minimum absolute atomic E-state index is 0.705. The van der Waals surface area contributed by atoms with E-state index in [1.54, 1.807) is 0 Å². The van der Waals surface area contributed by atoms with Crippen molar-refractivity contribution >= 4 is 5.69 Å². The van der Waals surface area contributed by atoms with Gasteiger partial charge >= 0.3 is 0 Å². The van der Waals surface area contributed by atoms with E-state index in [2.05, 4.69) is 51.2 Å². The Morgan fingerprint density at radius 3 is 2.50 bits per heavy atom. The molecule has 3 nitrogen and oxygen atoms in total. The molecule has 0 atom stereocenters. The van der Waals surface area contributed by atoms with Gasteiger partial charge in [0.1, 0.15) is 0 Å². The van der Waals surface area contributed by atoms with Crippen LogP contribution in [0.5, 0.6) is 0 Å². The first-order valence-electron chi connectivity index (χ1n) is 7.36. The molecule has 2 aliphatic heterocycles. The largest absolute Gasteiger partial charge is 0.368 e. The molecule has 2 aliphatic rings. The Hall–Kier alpha value is -1.87. The molecule has 0 aliphatic carbocycles. The Balaban J connectivity index is 1.40. The molecule has 1 saturated heterocycles. The number of nitrogens with zero attached hydrogens (tertiary/aromatic N) is 3. The first kappa shape index (κ1) is 11.9. The van der Waals surface area contributed by atoms with Gasteiger partial charge < -0.3 is 4.90 Å². The lowest BCUT2D eigenvalue weighted by Gasteiger charge is -2.48. The summed E-state index contributed by atoms with van der Waals surface area (Å²) >= 11 is 0. The Bertz CT molecular complexity index is 590. The monoisotopic (exact) mass is 265 g/mol. The summed E-state index contributed by atoms with van der Waals surface area (Å²) in [5, 5.41) is 0. The normalized spacial score (nSPS) is 19.5. The maximum atomic E-state index is 4.08. The van der Waals surface area contributed by atoms with Crippen molar-refractivity contribution in [3.05, 3.63) is 59.9 Å². The van der Waals surface area contributed by atoms with E-state index in [-0.39, 0.29) is 0 Å². The molecule has 0 saturated carbocycles. The van der Waals surface area contributed by atoms with Gasteiger partial charge in [-0.1, -0.05) is 24.3 Å². The summed E-state index contributed by atoms with van der Waals surface area (Å²) in [4.78, 5) is 9.16. The van der Waals surface area contributed by atoms with Crippen molar-refractivity contribution in [3.63, 3.8) is 0 Å². The van der Waals surface area contributed by atoms with Gasteiger partial charge in [-0.3, -0.25) is 9.88 Å². The van der Waals surface area contributed by atoms with Gasteiger partial charge in [0, 0.05) is 50.3 Å². The van der Waals surface area contributed by atoms with Gasteiger partial charge in [-0.15, -0.1) is 0 Å². The fourth-order valence-corrected chi connectivity index (χ4v) is 3.28. The molecule has 3 heteroatoms. The molecule has 3 heterocycles. The van der Waals surface area contributed by atoms with Crippen LogP contribution in [0, 0.1) is 0 Å². The molecular weight excluding hydrogens is 246 g/mol. The predicted molar refractivity (Wildman–Crippen MR) is 80.8 cm³/mol. The molecule has 0 N–H and O–H groups in total. The zero-order valence-corrected chi connectivity index (χ0v) is 11.6. The van der Waals surface area contributed by atoms with E-state index >= 15 is 0 Å². The third-order valence-electron chi connectivity index (χ3n) is 4.57. The first-order chi connectivity index (χ1) is 9.90. The molecule has 0 bridgehead atoms.